The van der Waals surface area contributed by atoms with Gasteiger partial charge in [-0.2, -0.15) is 0 Å². The van der Waals surface area contributed by atoms with E-state index in [4.69, 9.17) is 0 Å². The minimum absolute atomic E-state index is 0.894. The number of allylic oxidation sites excluding steroid dienone is 6. The molecule has 0 aromatic rings. The molecule has 0 aliphatic carbocycles. The maximum atomic E-state index is 3.63. The van der Waals surface area contributed by atoms with Crippen molar-refractivity contribution in [1.29, 1.82) is 0 Å². The molecule has 10 heavy (non-hydrogen) atoms. The van der Waals surface area contributed by atoms with Gasteiger partial charge in [-0.15, -0.1) is 6.58 Å². The zero-order valence-electron chi connectivity index (χ0n) is 6.22. The molecule has 0 saturated heterocycles. The number of hydrogen-bond donors (Lipinski definition) is 0. The van der Waals surface area contributed by atoms with E-state index in [-0.39, 0.29) is 0 Å². The molecule has 0 spiro atoms. The van der Waals surface area contributed by atoms with Crippen LogP contribution in [0.3, 0.4) is 0 Å². The highest BCUT2D eigenvalue weighted by Crippen LogP contribution is 1.97. The first-order valence-electron chi connectivity index (χ1n) is 3.24. The first-order chi connectivity index (χ1) is 4.85. The molecule has 0 aromatic heterocycles. The van der Waals surface area contributed by atoms with E-state index in [2.05, 4.69) is 20.1 Å². The van der Waals surface area contributed by atoms with E-state index in [1.165, 1.54) is 0 Å². The minimum Gasteiger partial charge on any atom is -0.103 e. The van der Waals surface area contributed by atoms with Gasteiger partial charge in [-0.05, 0) is 18.9 Å². The first kappa shape index (κ1) is 8.96. The van der Waals surface area contributed by atoms with Crippen LogP contribution in [0.4, 0.5) is 0 Å². The minimum atomic E-state index is 0.894. The van der Waals surface area contributed by atoms with Crippen LogP contribution in [0.25, 0.3) is 0 Å². The molecule has 0 atom stereocenters. The van der Waals surface area contributed by atoms with Gasteiger partial charge in [-0.1, -0.05) is 37.0 Å². The van der Waals surface area contributed by atoms with Crippen LogP contribution in [0, 0.1) is 6.92 Å². The number of rotatable bonds is 4. The zero-order valence-corrected chi connectivity index (χ0v) is 6.22. The Labute approximate surface area is 63.3 Å². The summed E-state index contributed by atoms with van der Waals surface area (Å²) >= 11 is 0. The van der Waals surface area contributed by atoms with Gasteiger partial charge in [0, 0.05) is 0 Å². The summed E-state index contributed by atoms with van der Waals surface area (Å²) in [5.41, 5.74) is 1.04. The Kier molecular flexibility index (Phi) is 5.45. The molecule has 0 nitrogen and oxygen atoms in total. The summed E-state index contributed by atoms with van der Waals surface area (Å²) in [6.45, 7) is 10.8. The van der Waals surface area contributed by atoms with Gasteiger partial charge in [-0.3, -0.25) is 0 Å². The van der Waals surface area contributed by atoms with Crippen LogP contribution in [0.5, 0.6) is 0 Å². The van der Waals surface area contributed by atoms with Crippen LogP contribution >= 0.6 is 0 Å². The first-order valence-corrected chi connectivity index (χ1v) is 3.24. The molecule has 0 aromatic carbocycles. The van der Waals surface area contributed by atoms with Crippen LogP contribution in [-0.2, 0) is 0 Å². The molecular weight excluding hydrogens is 120 g/mol. The van der Waals surface area contributed by atoms with Gasteiger partial charge >= 0.3 is 0 Å². The van der Waals surface area contributed by atoms with Crippen molar-refractivity contribution in [2.24, 2.45) is 0 Å². The Hall–Kier alpha value is -1.04. The third-order valence-electron chi connectivity index (χ3n) is 1.08. The predicted molar refractivity (Wildman–Crippen MR) is 47.6 cm³/mol. The standard InChI is InChI=1S/C10H13/c1-4-7-8-9-10(5-2)6-3/h4-6,8-9H,1-3,7H2. The second-order valence-corrected chi connectivity index (χ2v) is 1.83. The average Bonchev–Trinajstić information content (AvgIpc) is 1.99. The summed E-state index contributed by atoms with van der Waals surface area (Å²) in [5.74, 6) is 0. The van der Waals surface area contributed by atoms with Crippen molar-refractivity contribution in [2.45, 2.75) is 6.42 Å². The summed E-state index contributed by atoms with van der Waals surface area (Å²) in [6, 6.07) is 0. The van der Waals surface area contributed by atoms with E-state index < -0.39 is 0 Å². The lowest BCUT2D eigenvalue weighted by Crippen LogP contribution is -1.66. The van der Waals surface area contributed by atoms with Crippen LogP contribution in [0.1, 0.15) is 6.42 Å². The molecule has 0 aliphatic rings. The predicted octanol–water partition coefficient (Wildman–Crippen LogP) is 3.07. The van der Waals surface area contributed by atoms with Crippen LogP contribution in [-0.4, -0.2) is 0 Å². The summed E-state index contributed by atoms with van der Waals surface area (Å²) in [5, 5.41) is 0. The molecular formula is C10H13. The molecule has 1 radical (unpaired) electrons. The third kappa shape index (κ3) is 3.90. The second-order valence-electron chi connectivity index (χ2n) is 1.83. The molecule has 53 valence electrons. The monoisotopic (exact) mass is 133 g/mol. The smallest absolute Gasteiger partial charge is 0.0169 e. The van der Waals surface area contributed by atoms with E-state index in [9.17, 15) is 0 Å². The van der Waals surface area contributed by atoms with Crippen LogP contribution in [0.15, 0.2) is 49.1 Å². The van der Waals surface area contributed by atoms with E-state index in [0.717, 1.165) is 12.0 Å². The molecule has 0 aliphatic heterocycles. The van der Waals surface area contributed by atoms with Crippen LogP contribution in [0.2, 0.25) is 0 Å². The molecule has 0 N–H and O–H groups in total. The lowest BCUT2D eigenvalue weighted by molar-refractivity contribution is 1.40. The summed E-state index contributed by atoms with van der Waals surface area (Å²) in [7, 11) is 0. The highest BCUT2D eigenvalue weighted by Gasteiger charge is 1.77. The van der Waals surface area contributed by atoms with Gasteiger partial charge in [0.25, 0.3) is 0 Å². The van der Waals surface area contributed by atoms with Crippen molar-refractivity contribution in [3.63, 3.8) is 0 Å². The van der Waals surface area contributed by atoms with E-state index >= 15 is 0 Å². The molecule has 0 bridgehead atoms. The number of hydrogen-bond acceptors (Lipinski definition) is 0. The van der Waals surface area contributed by atoms with Crippen molar-refractivity contribution in [3.8, 4) is 0 Å². The van der Waals surface area contributed by atoms with E-state index in [1.54, 1.807) is 12.2 Å². The molecule has 0 fully saturated rings. The highest BCUT2D eigenvalue weighted by atomic mass is 13.8. The van der Waals surface area contributed by atoms with Crippen molar-refractivity contribution < 1.29 is 0 Å². The second kappa shape index (κ2) is 6.09. The molecule has 0 saturated carbocycles. The topological polar surface area (TPSA) is 0 Å². The summed E-state index contributed by atoms with van der Waals surface area (Å²) in [6.07, 6.45) is 10.3. The van der Waals surface area contributed by atoms with Gasteiger partial charge < -0.3 is 0 Å². The summed E-state index contributed by atoms with van der Waals surface area (Å²) in [4.78, 5) is 0. The lowest BCUT2D eigenvalue weighted by Gasteiger charge is -1.87. The largest absolute Gasteiger partial charge is 0.103 e. The summed E-state index contributed by atoms with van der Waals surface area (Å²) < 4.78 is 0. The quantitative estimate of drug-likeness (QED) is 0.408. The van der Waals surface area contributed by atoms with Gasteiger partial charge in [-0.25, -0.2) is 0 Å². The van der Waals surface area contributed by atoms with Gasteiger partial charge in [0.05, 0.1) is 0 Å². The van der Waals surface area contributed by atoms with Gasteiger partial charge in [0.1, 0.15) is 0 Å². The van der Waals surface area contributed by atoms with Crippen molar-refractivity contribution in [1.82, 2.24) is 0 Å². The molecule has 0 amide bonds. The maximum Gasteiger partial charge on any atom is -0.0169 e. The van der Waals surface area contributed by atoms with Gasteiger partial charge in [0.15, 0.2) is 0 Å². The Bertz CT molecular complexity index is 159. The Morgan fingerprint density at radius 3 is 2.40 bits per heavy atom. The molecule has 0 heteroatoms. The van der Waals surface area contributed by atoms with E-state index in [0.29, 0.717) is 0 Å². The van der Waals surface area contributed by atoms with E-state index in [1.807, 2.05) is 18.2 Å². The lowest BCUT2D eigenvalue weighted by atomic mass is 10.2. The Morgan fingerprint density at radius 1 is 1.30 bits per heavy atom. The maximum absolute atomic E-state index is 3.63. The van der Waals surface area contributed by atoms with Gasteiger partial charge in [0.2, 0.25) is 0 Å². The fraction of sp³-hybridized carbons (Fsp3) is 0.100. The van der Waals surface area contributed by atoms with Crippen molar-refractivity contribution in [3.05, 3.63) is 56.0 Å². The van der Waals surface area contributed by atoms with Crippen molar-refractivity contribution >= 4 is 0 Å². The Morgan fingerprint density at radius 2 is 2.00 bits per heavy atom. The molecule has 0 heterocycles. The molecule has 0 rings (SSSR count). The normalized spacial score (nSPS) is 11.9. The van der Waals surface area contributed by atoms with Crippen molar-refractivity contribution in [2.75, 3.05) is 0 Å². The SMILES string of the molecule is [CH2]C=C(C=C)C=CCC=C. The zero-order chi connectivity index (χ0) is 7.82. The highest BCUT2D eigenvalue weighted by molar-refractivity contribution is 5.29. The fourth-order valence-electron chi connectivity index (χ4n) is 0.520. The molecule has 0 unspecified atom stereocenters. The average molecular weight is 133 g/mol. The third-order valence-corrected chi connectivity index (χ3v) is 1.08. The van der Waals surface area contributed by atoms with Crippen LogP contribution < -0.4 is 0 Å². The Balaban J connectivity index is 3.84. The fourth-order valence-corrected chi connectivity index (χ4v) is 0.520.